The van der Waals surface area contributed by atoms with Crippen LogP contribution in [0.3, 0.4) is 0 Å². The first-order chi connectivity index (χ1) is 30.2. The van der Waals surface area contributed by atoms with Gasteiger partial charge in [0.2, 0.25) is 5.56 Å². The Morgan fingerprint density at radius 1 is 1.02 bits per heavy atom. The van der Waals surface area contributed by atoms with Gasteiger partial charge in [0.1, 0.15) is 22.7 Å². The summed E-state index contributed by atoms with van der Waals surface area (Å²) in [5.41, 5.74) is 3.14. The minimum absolute atomic E-state index is 0.0946. The molecule has 330 valence electrons. The number of ether oxygens (including phenoxy) is 2. The maximum atomic E-state index is 13.3. The number of pyridine rings is 2. The number of rotatable bonds is 14. The summed E-state index contributed by atoms with van der Waals surface area (Å²) in [6.07, 6.45) is 3.22. The Bertz CT molecular complexity index is 2820. The predicted octanol–water partition coefficient (Wildman–Crippen LogP) is 6.36. The number of aliphatic hydroxyl groups is 1. The van der Waals surface area contributed by atoms with Crippen molar-refractivity contribution in [2.45, 2.75) is 91.0 Å². The molecule has 16 heteroatoms. The van der Waals surface area contributed by atoms with Crippen molar-refractivity contribution in [3.05, 3.63) is 102 Å². The van der Waals surface area contributed by atoms with E-state index in [1.165, 1.54) is 23.1 Å². The topological polar surface area (TPSA) is 204 Å². The van der Waals surface area contributed by atoms with Crippen molar-refractivity contribution in [2.75, 3.05) is 48.9 Å². The number of fused-ring (bicyclic) bond motifs is 2. The van der Waals surface area contributed by atoms with E-state index in [2.05, 4.69) is 32.6 Å². The van der Waals surface area contributed by atoms with Crippen LogP contribution >= 0.6 is 0 Å². The van der Waals surface area contributed by atoms with Gasteiger partial charge in [0.25, 0.3) is 10.9 Å². The number of aliphatic hydroxyl groups excluding tert-OH is 1. The fraction of sp³-hybridized carbons (Fsp3) is 0.404. The van der Waals surface area contributed by atoms with E-state index in [1.54, 1.807) is 57.1 Å². The zero-order chi connectivity index (χ0) is 45.0. The number of phenols is 1. The number of hydrogen-bond acceptors (Lipinski definition) is 13. The lowest BCUT2D eigenvalue weighted by Crippen LogP contribution is -2.39. The number of unbranched alkanes of at least 4 members (excludes halogenated alkanes) is 1. The van der Waals surface area contributed by atoms with Gasteiger partial charge in [-0.05, 0) is 95.3 Å². The van der Waals surface area contributed by atoms with E-state index in [1.807, 2.05) is 30.7 Å². The maximum absolute atomic E-state index is 13.3. The first kappa shape index (κ1) is 44.4. The van der Waals surface area contributed by atoms with Crippen LogP contribution in [0.25, 0.3) is 21.9 Å². The molecule has 0 saturated carbocycles. The molecule has 3 aromatic heterocycles. The molecule has 1 saturated heterocycles. The van der Waals surface area contributed by atoms with Crippen molar-refractivity contribution in [2.24, 2.45) is 0 Å². The zero-order valence-corrected chi connectivity index (χ0v) is 36.5. The van der Waals surface area contributed by atoms with Crippen LogP contribution in [-0.4, -0.2) is 85.9 Å². The van der Waals surface area contributed by atoms with Crippen molar-refractivity contribution in [1.82, 2.24) is 24.6 Å². The Labute approximate surface area is 364 Å². The highest BCUT2D eigenvalue weighted by Gasteiger charge is 2.31. The Morgan fingerprint density at radius 3 is 2.46 bits per heavy atom. The smallest absolute Gasteiger partial charge is 0.410 e. The van der Waals surface area contributed by atoms with E-state index in [4.69, 9.17) is 14.5 Å². The lowest BCUT2D eigenvalue weighted by atomic mass is 10.0. The van der Waals surface area contributed by atoms with Gasteiger partial charge < -0.3 is 45.1 Å². The second-order valence-corrected chi connectivity index (χ2v) is 16.6. The maximum Gasteiger partial charge on any atom is 0.410 e. The molecule has 1 fully saturated rings. The number of benzene rings is 2. The molecule has 6 aromatic rings. The molecule has 0 bridgehead atoms. The monoisotopic (exact) mass is 858 g/mol. The summed E-state index contributed by atoms with van der Waals surface area (Å²) in [5, 5.41) is 34.4. The number of H-pyrrole nitrogens is 1. The van der Waals surface area contributed by atoms with E-state index in [0.717, 1.165) is 46.5 Å². The molecule has 1 atom stereocenters. The molecule has 0 aliphatic carbocycles. The fourth-order valence-electron chi connectivity index (χ4n) is 7.83. The second-order valence-electron chi connectivity index (χ2n) is 16.6. The lowest BCUT2D eigenvalue weighted by molar-refractivity contribution is 0.0144. The molecule has 1 aliphatic rings. The fourth-order valence-corrected chi connectivity index (χ4v) is 7.83. The number of carbonyl (C=O) groups excluding carboxylic acids is 1. The Morgan fingerprint density at radius 2 is 1.76 bits per heavy atom. The van der Waals surface area contributed by atoms with Gasteiger partial charge in [-0.1, -0.05) is 24.8 Å². The summed E-state index contributed by atoms with van der Waals surface area (Å²) < 4.78 is 13.1. The van der Waals surface area contributed by atoms with Crippen LogP contribution < -0.4 is 32.0 Å². The molecule has 1 unspecified atom stereocenters. The number of anilines is 5. The summed E-state index contributed by atoms with van der Waals surface area (Å²) in [6, 6.07) is 13.2. The summed E-state index contributed by atoms with van der Waals surface area (Å²) in [5.74, 6) is 6.16. The molecule has 0 spiro atoms. The number of amides is 1. The molecule has 1 amide bonds. The predicted molar refractivity (Wildman–Crippen MR) is 244 cm³/mol. The highest BCUT2D eigenvalue weighted by atomic mass is 16.6. The number of hydrogen-bond donors (Lipinski definition) is 5. The average Bonchev–Trinajstić information content (AvgIpc) is 3.68. The molecule has 7 rings (SSSR count). The van der Waals surface area contributed by atoms with Gasteiger partial charge in [0, 0.05) is 68.5 Å². The number of aromatic hydroxyl groups is 1. The Kier molecular flexibility index (Phi) is 13.2. The van der Waals surface area contributed by atoms with Crippen molar-refractivity contribution >= 4 is 56.5 Å². The van der Waals surface area contributed by atoms with Crippen LogP contribution in [0.5, 0.6) is 5.75 Å². The molecule has 63 heavy (non-hydrogen) atoms. The van der Waals surface area contributed by atoms with Crippen LogP contribution in [0.1, 0.15) is 83.2 Å². The number of nitrogens with one attached hydrogen (secondary N) is 3. The largest absolute Gasteiger partial charge is 0.506 e. The third kappa shape index (κ3) is 9.69. The number of aryl methyl sites for hydroxylation is 2. The van der Waals surface area contributed by atoms with Crippen molar-refractivity contribution in [1.29, 1.82) is 0 Å². The van der Waals surface area contributed by atoms with E-state index < -0.39 is 34.2 Å². The summed E-state index contributed by atoms with van der Waals surface area (Å²) in [6.45, 7) is 11.4. The van der Waals surface area contributed by atoms with Gasteiger partial charge in [-0.15, -0.1) is 0 Å². The van der Waals surface area contributed by atoms with E-state index in [-0.39, 0.29) is 41.8 Å². The lowest BCUT2D eigenvalue weighted by Gasteiger charge is -2.31. The van der Waals surface area contributed by atoms with Gasteiger partial charge in [-0.25, -0.2) is 14.5 Å². The normalized spacial score (nSPS) is 13.8. The van der Waals surface area contributed by atoms with E-state index in [9.17, 15) is 29.4 Å². The number of aromatic nitrogens is 4. The highest BCUT2D eigenvalue weighted by Crippen LogP contribution is 2.41. The Hall–Kier alpha value is -6.70. The van der Waals surface area contributed by atoms with Crippen molar-refractivity contribution < 1.29 is 24.5 Å². The van der Waals surface area contributed by atoms with Gasteiger partial charge >= 0.3 is 6.09 Å². The van der Waals surface area contributed by atoms with Crippen LogP contribution in [-0.2, 0) is 22.4 Å². The SMILES string of the molecule is CCc1nc2c(cnn2CC)c(NC2CCOCC2)c1N(C)c1c(Nc2ccc(C#CCCCN(CC(O)c3ccc(O)c4[nH]c(=O)ccc34)C(=O)OC(C)(C)C)cc2)c(=O)c1=O. The standard InChI is InChI=1S/C47H54N8O8/c1-7-34-41(39(49-30-21-24-62-25-22-30)33-26-48-55(8-2)45(33)51-34)53(6)42-40(43(59)44(42)60)50-29-15-13-28(14-16-29)12-10-9-11-23-54(46(61)63-47(3,4)5)27-36(57)31-17-19-35(56)38-32(31)18-20-37(58)52-38/h13-20,26,30,36,50,56-57H,7-9,11,21-25,27H2,1-6H3,(H,49,51)(H,52,58). The minimum Gasteiger partial charge on any atom is -0.506 e. The third-order valence-electron chi connectivity index (χ3n) is 11.0. The number of phenolic OH excluding ortho intramolecular Hbond substituents is 1. The average molecular weight is 859 g/mol. The summed E-state index contributed by atoms with van der Waals surface area (Å²) >= 11 is 0. The van der Waals surface area contributed by atoms with Gasteiger partial charge in [-0.2, -0.15) is 5.10 Å². The summed E-state index contributed by atoms with van der Waals surface area (Å²) in [7, 11) is 1.79. The quantitative estimate of drug-likeness (QED) is 0.0460. The van der Waals surface area contributed by atoms with E-state index in [0.29, 0.717) is 55.7 Å². The van der Waals surface area contributed by atoms with E-state index >= 15 is 0 Å². The number of carbonyl (C=O) groups is 1. The number of nitrogens with zero attached hydrogens (tertiary/aromatic N) is 5. The van der Waals surface area contributed by atoms with Crippen LogP contribution in [0.15, 0.2) is 69.1 Å². The Balaban J connectivity index is 1.03. The molecule has 0 radical (unpaired) electrons. The molecule has 5 N–H and O–H groups in total. The minimum atomic E-state index is -1.14. The van der Waals surface area contributed by atoms with Crippen LogP contribution in [0.2, 0.25) is 0 Å². The second kappa shape index (κ2) is 18.7. The zero-order valence-electron chi connectivity index (χ0n) is 36.5. The molecule has 1 aliphatic heterocycles. The molecular formula is C47H54N8O8. The molecule has 4 heterocycles. The van der Waals surface area contributed by atoms with Gasteiger partial charge in [-0.3, -0.25) is 14.4 Å². The number of aromatic amines is 1. The van der Waals surface area contributed by atoms with Crippen molar-refractivity contribution in [3.8, 4) is 17.6 Å². The molecule has 3 aromatic carbocycles. The van der Waals surface area contributed by atoms with Crippen LogP contribution in [0, 0.1) is 11.8 Å². The van der Waals surface area contributed by atoms with Crippen molar-refractivity contribution in [3.63, 3.8) is 0 Å². The first-order valence-corrected chi connectivity index (χ1v) is 21.3. The van der Waals surface area contributed by atoms with Gasteiger partial charge in [0.05, 0.1) is 46.8 Å². The molecular weight excluding hydrogens is 805 g/mol. The summed E-state index contributed by atoms with van der Waals surface area (Å²) in [4.78, 5) is 62.4. The first-order valence-electron chi connectivity index (χ1n) is 21.3. The van der Waals surface area contributed by atoms with Crippen LogP contribution in [0.4, 0.5) is 33.2 Å². The highest BCUT2D eigenvalue weighted by molar-refractivity contribution is 6.00. The molecule has 16 nitrogen and oxygen atoms in total. The van der Waals surface area contributed by atoms with Gasteiger partial charge in [0.15, 0.2) is 5.65 Å². The third-order valence-corrected chi connectivity index (χ3v) is 11.0.